The number of nitrogens with one attached hydrogen (secondary N) is 1. The Labute approximate surface area is 207 Å². The number of ether oxygens (including phenoxy) is 1. The first-order valence-corrected chi connectivity index (χ1v) is 12.4. The monoisotopic (exact) mass is 509 g/mol. The second-order valence-electron chi connectivity index (χ2n) is 9.30. The minimum Gasteiger partial charge on any atom is -0.492 e. The largest absolute Gasteiger partial charge is 0.492 e. The lowest BCUT2D eigenvalue weighted by Crippen LogP contribution is -2.50. The molecule has 2 N–H and O–H groups in total. The third kappa shape index (κ3) is 6.12. The molecular formula is C26H30F3NO4S. The van der Waals surface area contributed by atoms with Crippen LogP contribution in [0.3, 0.4) is 0 Å². The number of hydrogen-bond donors (Lipinski definition) is 2. The normalized spacial score (nSPS) is 20.8. The second-order valence-corrected chi connectivity index (χ2v) is 10.6. The lowest BCUT2D eigenvalue weighted by molar-refractivity contribution is -0.144. The van der Waals surface area contributed by atoms with Gasteiger partial charge in [-0.3, -0.25) is 4.79 Å². The Morgan fingerprint density at radius 3 is 2.37 bits per heavy atom. The number of thioether (sulfide) groups is 1. The summed E-state index contributed by atoms with van der Waals surface area (Å²) in [5, 5.41) is 12.4. The SMILES string of the molecule is CCC1=CC2C(OCc3ccc(C(F)(F)F)cc3)=C(C(=O)NC(C(=O)O)C(C)(C)CC)C=CC2S1. The van der Waals surface area contributed by atoms with Gasteiger partial charge in [-0.1, -0.05) is 52.0 Å². The molecule has 1 amide bonds. The van der Waals surface area contributed by atoms with E-state index in [0.29, 0.717) is 17.7 Å². The van der Waals surface area contributed by atoms with Crippen LogP contribution in [0, 0.1) is 11.3 Å². The first-order chi connectivity index (χ1) is 16.4. The van der Waals surface area contributed by atoms with Crippen molar-refractivity contribution < 1.29 is 32.6 Å². The average Bonchev–Trinajstić information content (AvgIpc) is 3.24. The van der Waals surface area contributed by atoms with Gasteiger partial charge >= 0.3 is 12.1 Å². The van der Waals surface area contributed by atoms with E-state index in [2.05, 4.69) is 5.32 Å². The zero-order valence-electron chi connectivity index (χ0n) is 20.1. The van der Waals surface area contributed by atoms with Gasteiger partial charge in [0.05, 0.1) is 17.1 Å². The number of allylic oxidation sites excluding steroid dienone is 2. The van der Waals surface area contributed by atoms with Gasteiger partial charge in [0.2, 0.25) is 0 Å². The lowest BCUT2D eigenvalue weighted by atomic mass is 9.81. The highest BCUT2D eigenvalue weighted by Crippen LogP contribution is 2.46. The molecule has 3 rings (SSSR count). The number of carbonyl (C=O) groups excluding carboxylic acids is 1. The summed E-state index contributed by atoms with van der Waals surface area (Å²) in [5.41, 5.74) is -0.673. The number of aliphatic carboxylic acids is 1. The molecule has 0 saturated carbocycles. The average molecular weight is 510 g/mol. The summed E-state index contributed by atoms with van der Waals surface area (Å²) in [6, 6.07) is 3.58. The Morgan fingerprint density at radius 2 is 1.83 bits per heavy atom. The molecule has 3 unspecified atom stereocenters. The maximum absolute atomic E-state index is 13.3. The molecule has 0 spiro atoms. The molecule has 0 saturated heterocycles. The van der Waals surface area contributed by atoms with Crippen LogP contribution in [0.1, 0.15) is 51.7 Å². The van der Waals surface area contributed by atoms with Crippen molar-refractivity contribution in [1.82, 2.24) is 5.32 Å². The molecule has 9 heteroatoms. The highest BCUT2D eigenvalue weighted by Gasteiger charge is 2.39. The van der Waals surface area contributed by atoms with Crippen LogP contribution in [0.5, 0.6) is 0 Å². The van der Waals surface area contributed by atoms with Gasteiger partial charge in [-0.15, -0.1) is 11.8 Å². The fourth-order valence-corrected chi connectivity index (χ4v) is 5.18. The number of alkyl halides is 3. The van der Waals surface area contributed by atoms with E-state index in [1.165, 1.54) is 12.1 Å². The third-order valence-corrected chi connectivity index (χ3v) is 7.96. The van der Waals surface area contributed by atoms with Crippen LogP contribution in [0.4, 0.5) is 13.2 Å². The number of halogens is 3. The summed E-state index contributed by atoms with van der Waals surface area (Å²) >= 11 is 1.67. The molecule has 190 valence electrons. The highest BCUT2D eigenvalue weighted by molar-refractivity contribution is 8.04. The van der Waals surface area contributed by atoms with Crippen LogP contribution in [-0.2, 0) is 27.1 Å². The Bertz CT molecular complexity index is 1060. The molecule has 0 radical (unpaired) electrons. The molecule has 35 heavy (non-hydrogen) atoms. The minimum absolute atomic E-state index is 0.0237. The van der Waals surface area contributed by atoms with E-state index in [1.54, 1.807) is 31.7 Å². The van der Waals surface area contributed by atoms with Gasteiger partial charge in [0.25, 0.3) is 5.91 Å². The topological polar surface area (TPSA) is 75.6 Å². The van der Waals surface area contributed by atoms with E-state index < -0.39 is 35.1 Å². The molecule has 1 aromatic rings. The second kappa shape index (κ2) is 10.5. The van der Waals surface area contributed by atoms with Crippen LogP contribution >= 0.6 is 11.8 Å². The van der Waals surface area contributed by atoms with Crippen molar-refractivity contribution in [3.63, 3.8) is 0 Å². The number of hydrogen-bond acceptors (Lipinski definition) is 4. The molecule has 1 aliphatic carbocycles. The van der Waals surface area contributed by atoms with E-state index in [0.717, 1.165) is 23.5 Å². The van der Waals surface area contributed by atoms with Crippen molar-refractivity contribution in [1.29, 1.82) is 0 Å². The van der Waals surface area contributed by atoms with Crippen LogP contribution < -0.4 is 5.32 Å². The molecule has 2 aliphatic rings. The first-order valence-electron chi connectivity index (χ1n) is 11.5. The summed E-state index contributed by atoms with van der Waals surface area (Å²) in [6.45, 7) is 7.42. The number of amides is 1. The molecule has 0 bridgehead atoms. The molecule has 5 nitrogen and oxygen atoms in total. The van der Waals surface area contributed by atoms with Gasteiger partial charge in [-0.25, -0.2) is 4.79 Å². The number of carbonyl (C=O) groups is 2. The van der Waals surface area contributed by atoms with E-state index in [9.17, 15) is 27.9 Å². The maximum atomic E-state index is 13.3. The Morgan fingerprint density at radius 1 is 1.17 bits per heavy atom. The predicted molar refractivity (Wildman–Crippen MR) is 129 cm³/mol. The predicted octanol–water partition coefficient (Wildman–Crippen LogP) is 6.08. The van der Waals surface area contributed by atoms with Crippen molar-refractivity contribution in [2.75, 3.05) is 0 Å². The zero-order chi connectivity index (χ0) is 26.0. The molecule has 0 fully saturated rings. The summed E-state index contributed by atoms with van der Waals surface area (Å²) < 4.78 is 44.7. The van der Waals surface area contributed by atoms with Crippen molar-refractivity contribution in [3.05, 3.63) is 69.9 Å². The fraction of sp³-hybridized carbons (Fsp3) is 0.462. The minimum atomic E-state index is -4.43. The number of rotatable bonds is 9. The smallest absolute Gasteiger partial charge is 0.416 e. The van der Waals surface area contributed by atoms with Crippen molar-refractivity contribution in [2.24, 2.45) is 11.3 Å². The van der Waals surface area contributed by atoms with Gasteiger partial charge in [0.15, 0.2) is 0 Å². The van der Waals surface area contributed by atoms with Crippen molar-refractivity contribution in [3.8, 4) is 0 Å². The summed E-state index contributed by atoms with van der Waals surface area (Å²) in [4.78, 5) is 26.3. The Hall–Kier alpha value is -2.68. The van der Waals surface area contributed by atoms with Crippen molar-refractivity contribution >= 4 is 23.6 Å². The third-order valence-electron chi connectivity index (χ3n) is 6.51. The first kappa shape index (κ1) is 26.9. The van der Waals surface area contributed by atoms with Gasteiger partial charge in [0, 0.05) is 5.25 Å². The standard InChI is InChI=1S/C26H30F3NO4S/c1-5-17-13-19-20(35-17)12-11-18(23(31)30-22(24(32)33)25(3,4)6-2)21(19)34-14-15-7-9-16(10-8-15)26(27,28)29/h7-13,19-20,22H,5-6,14H2,1-4H3,(H,30,31)(H,32,33). The van der Waals surface area contributed by atoms with Gasteiger partial charge in [-0.05, 0) is 46.9 Å². The zero-order valence-corrected chi connectivity index (χ0v) is 20.9. The highest BCUT2D eigenvalue weighted by atomic mass is 32.2. The van der Waals surface area contributed by atoms with E-state index >= 15 is 0 Å². The van der Waals surface area contributed by atoms with Crippen molar-refractivity contribution in [2.45, 2.75) is 64.6 Å². The summed E-state index contributed by atoms with van der Waals surface area (Å²) in [6.07, 6.45) is 2.54. The molecule has 1 aromatic carbocycles. The molecule has 1 heterocycles. The van der Waals surface area contributed by atoms with Gasteiger partial charge in [-0.2, -0.15) is 13.2 Å². The lowest BCUT2D eigenvalue weighted by Gasteiger charge is -2.32. The maximum Gasteiger partial charge on any atom is 0.416 e. The molecular weight excluding hydrogens is 479 g/mol. The van der Waals surface area contributed by atoms with E-state index in [1.807, 2.05) is 26.0 Å². The Balaban J connectivity index is 1.90. The van der Waals surface area contributed by atoms with E-state index in [4.69, 9.17) is 4.74 Å². The molecule has 3 atom stereocenters. The van der Waals surface area contributed by atoms with Crippen LogP contribution in [0.2, 0.25) is 0 Å². The van der Waals surface area contributed by atoms with Crippen LogP contribution in [-0.4, -0.2) is 28.3 Å². The number of benzene rings is 1. The summed E-state index contributed by atoms with van der Waals surface area (Å²) in [7, 11) is 0. The number of carboxylic acid groups (broad SMARTS) is 1. The molecule has 1 aliphatic heterocycles. The number of carboxylic acids is 1. The number of fused-ring (bicyclic) bond motifs is 1. The van der Waals surface area contributed by atoms with Crippen LogP contribution in [0.15, 0.2) is 58.7 Å². The quantitative estimate of drug-likeness (QED) is 0.422. The van der Waals surface area contributed by atoms with E-state index in [-0.39, 0.29) is 23.3 Å². The van der Waals surface area contributed by atoms with Crippen LogP contribution in [0.25, 0.3) is 0 Å². The van der Waals surface area contributed by atoms with Gasteiger partial charge < -0.3 is 15.2 Å². The fourth-order valence-electron chi connectivity index (χ4n) is 3.94. The summed E-state index contributed by atoms with van der Waals surface area (Å²) in [5.74, 6) is -1.51. The van der Waals surface area contributed by atoms with Gasteiger partial charge in [0.1, 0.15) is 18.4 Å². The molecule has 0 aromatic heterocycles. The Kier molecular flexibility index (Phi) is 8.09.